The van der Waals surface area contributed by atoms with Crippen LogP contribution in [0.1, 0.15) is 11.6 Å². The van der Waals surface area contributed by atoms with Crippen molar-refractivity contribution < 1.29 is 23.1 Å². The number of urea groups is 1. The number of pyridine rings is 1. The van der Waals surface area contributed by atoms with E-state index in [9.17, 15) is 23.1 Å². The SMILES string of the molecule is O=C(Nc1ccnc(Cl)c1)NC(CO)c1cc(F)c(F)c(F)c1. The van der Waals surface area contributed by atoms with Crippen LogP contribution in [0.5, 0.6) is 0 Å². The van der Waals surface area contributed by atoms with E-state index in [1.807, 2.05) is 0 Å². The summed E-state index contributed by atoms with van der Waals surface area (Å²) in [6.45, 7) is -0.644. The molecule has 9 heteroatoms. The molecule has 2 amide bonds. The van der Waals surface area contributed by atoms with Crippen LogP contribution in [0.2, 0.25) is 5.15 Å². The van der Waals surface area contributed by atoms with E-state index in [4.69, 9.17) is 11.6 Å². The van der Waals surface area contributed by atoms with Gasteiger partial charge in [-0.3, -0.25) is 0 Å². The molecule has 1 unspecified atom stereocenters. The standard InChI is InChI=1S/C14H11ClF3N3O2/c15-12-5-8(1-2-19-12)20-14(23)21-11(6-22)7-3-9(16)13(18)10(17)4-7/h1-5,11,22H,6H2,(H2,19,20,21,23). The molecule has 3 N–H and O–H groups in total. The summed E-state index contributed by atoms with van der Waals surface area (Å²) in [6.07, 6.45) is 1.37. The van der Waals surface area contributed by atoms with Crippen LogP contribution in [0.4, 0.5) is 23.7 Å². The van der Waals surface area contributed by atoms with Gasteiger partial charge >= 0.3 is 6.03 Å². The molecule has 0 aliphatic carbocycles. The van der Waals surface area contributed by atoms with Crippen molar-refractivity contribution >= 4 is 23.3 Å². The molecular formula is C14H11ClF3N3O2. The van der Waals surface area contributed by atoms with E-state index in [0.29, 0.717) is 17.8 Å². The fourth-order valence-electron chi connectivity index (χ4n) is 1.82. The number of aliphatic hydroxyl groups is 1. The second-order valence-corrected chi connectivity index (χ2v) is 4.89. The summed E-state index contributed by atoms with van der Waals surface area (Å²) in [5, 5.41) is 14.2. The zero-order chi connectivity index (χ0) is 17.0. The van der Waals surface area contributed by atoms with E-state index >= 15 is 0 Å². The van der Waals surface area contributed by atoms with Gasteiger partial charge in [-0.2, -0.15) is 0 Å². The zero-order valence-electron chi connectivity index (χ0n) is 11.5. The maximum atomic E-state index is 13.2. The Labute approximate surface area is 134 Å². The van der Waals surface area contributed by atoms with Gasteiger partial charge in [-0.25, -0.2) is 22.9 Å². The van der Waals surface area contributed by atoms with Gasteiger partial charge in [0, 0.05) is 11.9 Å². The molecule has 0 fully saturated rings. The van der Waals surface area contributed by atoms with Crippen molar-refractivity contribution in [3.63, 3.8) is 0 Å². The van der Waals surface area contributed by atoms with Crippen molar-refractivity contribution in [1.29, 1.82) is 0 Å². The lowest BCUT2D eigenvalue weighted by Crippen LogP contribution is -2.34. The summed E-state index contributed by atoms with van der Waals surface area (Å²) < 4.78 is 39.4. The number of carbonyl (C=O) groups excluding carboxylic acids is 1. The van der Waals surface area contributed by atoms with Crippen LogP contribution in [-0.2, 0) is 0 Å². The molecule has 1 heterocycles. The Bertz CT molecular complexity index is 707. The first-order chi connectivity index (χ1) is 10.9. The molecule has 122 valence electrons. The molecule has 1 atom stereocenters. The molecule has 2 rings (SSSR count). The van der Waals surface area contributed by atoms with Gasteiger partial charge in [-0.15, -0.1) is 0 Å². The first kappa shape index (κ1) is 17.0. The lowest BCUT2D eigenvalue weighted by molar-refractivity contribution is 0.225. The fourth-order valence-corrected chi connectivity index (χ4v) is 1.99. The molecule has 1 aromatic heterocycles. The lowest BCUT2D eigenvalue weighted by Gasteiger charge is -2.17. The maximum Gasteiger partial charge on any atom is 0.319 e. The Balaban J connectivity index is 2.11. The number of benzene rings is 1. The van der Waals surface area contributed by atoms with Crippen LogP contribution < -0.4 is 10.6 Å². The second kappa shape index (κ2) is 7.30. The van der Waals surface area contributed by atoms with Crippen molar-refractivity contribution in [2.45, 2.75) is 6.04 Å². The van der Waals surface area contributed by atoms with E-state index in [1.165, 1.54) is 18.3 Å². The molecule has 0 radical (unpaired) electrons. The van der Waals surface area contributed by atoms with E-state index in [0.717, 1.165) is 0 Å². The Morgan fingerprint density at radius 1 is 1.26 bits per heavy atom. The Morgan fingerprint density at radius 3 is 2.48 bits per heavy atom. The third-order valence-electron chi connectivity index (χ3n) is 2.88. The van der Waals surface area contributed by atoms with Crippen LogP contribution in [0.3, 0.4) is 0 Å². The number of halogens is 4. The van der Waals surface area contributed by atoms with E-state index in [2.05, 4.69) is 15.6 Å². The Morgan fingerprint density at radius 2 is 1.91 bits per heavy atom. The number of nitrogens with one attached hydrogen (secondary N) is 2. The summed E-state index contributed by atoms with van der Waals surface area (Å²) >= 11 is 5.67. The molecule has 0 saturated heterocycles. The largest absolute Gasteiger partial charge is 0.394 e. The van der Waals surface area contributed by atoms with Crippen LogP contribution in [-0.4, -0.2) is 22.7 Å². The molecule has 0 bridgehead atoms. The molecule has 1 aromatic carbocycles. The number of hydrogen-bond donors (Lipinski definition) is 3. The van der Waals surface area contributed by atoms with Crippen LogP contribution >= 0.6 is 11.6 Å². The van der Waals surface area contributed by atoms with Crippen LogP contribution in [0.25, 0.3) is 0 Å². The Kier molecular flexibility index (Phi) is 5.41. The predicted molar refractivity (Wildman–Crippen MR) is 77.5 cm³/mol. The van der Waals surface area contributed by atoms with E-state index in [-0.39, 0.29) is 10.7 Å². The Hall–Kier alpha value is -2.32. The summed E-state index contributed by atoms with van der Waals surface area (Å²) in [7, 11) is 0. The molecular weight excluding hydrogens is 335 g/mol. The average molecular weight is 346 g/mol. The highest BCUT2D eigenvalue weighted by molar-refractivity contribution is 6.29. The molecule has 2 aromatic rings. The van der Waals surface area contributed by atoms with Gasteiger partial charge in [0.25, 0.3) is 0 Å². The van der Waals surface area contributed by atoms with Gasteiger partial charge in [0.2, 0.25) is 0 Å². The highest BCUT2D eigenvalue weighted by Gasteiger charge is 2.18. The molecule has 5 nitrogen and oxygen atoms in total. The monoisotopic (exact) mass is 345 g/mol. The zero-order valence-corrected chi connectivity index (χ0v) is 12.2. The highest BCUT2D eigenvalue weighted by atomic mass is 35.5. The topological polar surface area (TPSA) is 74.2 Å². The third kappa shape index (κ3) is 4.33. The fraction of sp³-hybridized carbons (Fsp3) is 0.143. The summed E-state index contributed by atoms with van der Waals surface area (Å²) in [6, 6.07) is 2.36. The van der Waals surface area contributed by atoms with Crippen molar-refractivity contribution in [1.82, 2.24) is 10.3 Å². The minimum absolute atomic E-state index is 0.119. The minimum atomic E-state index is -1.62. The molecule has 0 aliphatic heterocycles. The van der Waals surface area contributed by atoms with Gasteiger partial charge in [0.05, 0.1) is 12.6 Å². The minimum Gasteiger partial charge on any atom is -0.394 e. The number of anilines is 1. The van der Waals surface area contributed by atoms with Crippen molar-refractivity contribution in [3.8, 4) is 0 Å². The third-order valence-corrected chi connectivity index (χ3v) is 3.09. The average Bonchev–Trinajstić information content (AvgIpc) is 2.49. The van der Waals surface area contributed by atoms with Gasteiger partial charge in [0.15, 0.2) is 17.5 Å². The van der Waals surface area contributed by atoms with Crippen molar-refractivity contribution in [3.05, 3.63) is 58.6 Å². The molecule has 0 spiro atoms. The number of hydrogen-bond acceptors (Lipinski definition) is 3. The molecule has 0 aliphatic rings. The summed E-state index contributed by atoms with van der Waals surface area (Å²) in [4.78, 5) is 15.6. The highest BCUT2D eigenvalue weighted by Crippen LogP contribution is 2.19. The molecule has 0 saturated carbocycles. The number of aliphatic hydroxyl groups excluding tert-OH is 1. The predicted octanol–water partition coefficient (Wildman–Crippen LogP) is 3.01. The summed E-state index contributed by atoms with van der Waals surface area (Å²) in [5.74, 6) is -4.45. The normalized spacial score (nSPS) is 11.9. The first-order valence-corrected chi connectivity index (χ1v) is 6.73. The van der Waals surface area contributed by atoms with Crippen LogP contribution in [0, 0.1) is 17.5 Å². The van der Waals surface area contributed by atoms with Gasteiger partial charge < -0.3 is 15.7 Å². The summed E-state index contributed by atoms with van der Waals surface area (Å²) in [5.41, 5.74) is 0.211. The van der Waals surface area contributed by atoms with Gasteiger partial charge in [0.1, 0.15) is 5.15 Å². The first-order valence-electron chi connectivity index (χ1n) is 6.35. The number of nitrogens with zero attached hydrogens (tertiary/aromatic N) is 1. The van der Waals surface area contributed by atoms with Crippen molar-refractivity contribution in [2.75, 3.05) is 11.9 Å². The van der Waals surface area contributed by atoms with Crippen LogP contribution in [0.15, 0.2) is 30.5 Å². The maximum absolute atomic E-state index is 13.2. The van der Waals surface area contributed by atoms with Gasteiger partial charge in [-0.1, -0.05) is 11.6 Å². The molecule has 23 heavy (non-hydrogen) atoms. The lowest BCUT2D eigenvalue weighted by atomic mass is 10.1. The second-order valence-electron chi connectivity index (χ2n) is 4.50. The number of aromatic nitrogens is 1. The van der Waals surface area contributed by atoms with Crippen molar-refractivity contribution in [2.24, 2.45) is 0 Å². The number of carbonyl (C=O) groups is 1. The van der Waals surface area contributed by atoms with E-state index in [1.54, 1.807) is 0 Å². The quantitative estimate of drug-likeness (QED) is 0.589. The number of rotatable bonds is 4. The van der Waals surface area contributed by atoms with Gasteiger partial charge in [-0.05, 0) is 29.8 Å². The smallest absolute Gasteiger partial charge is 0.319 e. The number of amides is 2. The van der Waals surface area contributed by atoms with E-state index < -0.39 is 36.1 Å².